The van der Waals surface area contributed by atoms with Crippen LogP contribution in [0.2, 0.25) is 5.02 Å². The van der Waals surface area contributed by atoms with Crippen molar-refractivity contribution >= 4 is 29.3 Å². The van der Waals surface area contributed by atoms with Gasteiger partial charge in [-0.1, -0.05) is 35.9 Å². The van der Waals surface area contributed by atoms with E-state index in [0.717, 1.165) is 22.4 Å². The molecular weight excluding hydrogens is 270 g/mol. The fourth-order valence-electron chi connectivity index (χ4n) is 1.83. The molecule has 0 aliphatic rings. The fraction of sp³-hybridized carbons (Fsp3) is 0.118. The van der Waals surface area contributed by atoms with Gasteiger partial charge in [-0.25, -0.2) is 0 Å². The maximum atomic E-state index is 11.9. The Balaban J connectivity index is 2.07. The number of hydrogen-bond acceptors (Lipinski definition) is 1. The number of carbonyl (C=O) groups is 1. The molecule has 2 rings (SSSR count). The molecule has 0 saturated carbocycles. The summed E-state index contributed by atoms with van der Waals surface area (Å²) in [4.78, 5) is 11.9. The summed E-state index contributed by atoms with van der Waals surface area (Å²) in [6.45, 7) is 3.96. The molecule has 0 aliphatic heterocycles. The molecule has 0 atom stereocenters. The molecule has 0 unspecified atom stereocenters. The SMILES string of the molecule is Cc1ccc(C)c(NC(=O)C=Cc2cccc(Cl)c2)c1. The first-order valence-corrected chi connectivity index (χ1v) is 6.74. The van der Waals surface area contributed by atoms with Crippen LogP contribution >= 0.6 is 11.6 Å². The number of rotatable bonds is 3. The van der Waals surface area contributed by atoms with Gasteiger partial charge in [0.25, 0.3) is 0 Å². The zero-order chi connectivity index (χ0) is 14.5. The lowest BCUT2D eigenvalue weighted by Crippen LogP contribution is -2.09. The van der Waals surface area contributed by atoms with E-state index < -0.39 is 0 Å². The van der Waals surface area contributed by atoms with Crippen LogP contribution in [0.5, 0.6) is 0 Å². The van der Waals surface area contributed by atoms with Gasteiger partial charge in [-0.2, -0.15) is 0 Å². The summed E-state index contributed by atoms with van der Waals surface area (Å²) < 4.78 is 0. The Morgan fingerprint density at radius 1 is 1.15 bits per heavy atom. The molecule has 0 spiro atoms. The summed E-state index contributed by atoms with van der Waals surface area (Å²) >= 11 is 5.89. The summed E-state index contributed by atoms with van der Waals surface area (Å²) in [6.07, 6.45) is 3.25. The van der Waals surface area contributed by atoms with Crippen LogP contribution in [0.1, 0.15) is 16.7 Å². The van der Waals surface area contributed by atoms with E-state index in [-0.39, 0.29) is 5.91 Å². The van der Waals surface area contributed by atoms with E-state index in [1.54, 1.807) is 12.1 Å². The third kappa shape index (κ3) is 3.97. The van der Waals surface area contributed by atoms with Gasteiger partial charge in [0.05, 0.1) is 0 Å². The quantitative estimate of drug-likeness (QED) is 0.820. The third-order valence-corrected chi connectivity index (χ3v) is 3.16. The van der Waals surface area contributed by atoms with Gasteiger partial charge >= 0.3 is 0 Å². The largest absolute Gasteiger partial charge is 0.322 e. The first-order chi connectivity index (χ1) is 9.54. The number of aryl methyl sites for hydroxylation is 2. The standard InChI is InChI=1S/C17H16ClNO/c1-12-6-7-13(2)16(10-12)19-17(20)9-8-14-4-3-5-15(18)11-14/h3-11H,1-2H3,(H,19,20). The van der Waals surface area contributed by atoms with Crippen LogP contribution < -0.4 is 5.32 Å². The smallest absolute Gasteiger partial charge is 0.248 e. The highest BCUT2D eigenvalue weighted by Gasteiger charge is 2.01. The Labute approximate surface area is 124 Å². The number of halogens is 1. The Kier molecular flexibility index (Phi) is 4.59. The maximum absolute atomic E-state index is 11.9. The number of amides is 1. The second kappa shape index (κ2) is 6.40. The van der Waals surface area contributed by atoms with Gasteiger partial charge in [0.1, 0.15) is 0 Å². The minimum Gasteiger partial charge on any atom is -0.322 e. The number of hydrogen-bond donors (Lipinski definition) is 1. The van der Waals surface area contributed by atoms with Crippen LogP contribution in [0.25, 0.3) is 6.08 Å². The van der Waals surface area contributed by atoms with Crippen molar-refractivity contribution in [2.45, 2.75) is 13.8 Å². The molecule has 2 nitrogen and oxygen atoms in total. The summed E-state index contributed by atoms with van der Waals surface area (Å²) in [5.74, 6) is -0.154. The van der Waals surface area contributed by atoms with Crippen molar-refractivity contribution in [3.05, 3.63) is 70.3 Å². The van der Waals surface area contributed by atoms with Gasteiger partial charge in [-0.15, -0.1) is 0 Å². The van der Waals surface area contributed by atoms with E-state index in [2.05, 4.69) is 5.32 Å². The summed E-state index contributed by atoms with van der Waals surface area (Å²) in [5.41, 5.74) is 3.89. The number of anilines is 1. The van der Waals surface area contributed by atoms with Crippen LogP contribution in [0.3, 0.4) is 0 Å². The van der Waals surface area contributed by atoms with Crippen molar-refractivity contribution in [1.29, 1.82) is 0 Å². The predicted octanol–water partition coefficient (Wildman–Crippen LogP) is 4.61. The number of nitrogens with one attached hydrogen (secondary N) is 1. The molecule has 0 aliphatic carbocycles. The van der Waals surface area contributed by atoms with Crippen LogP contribution in [0.15, 0.2) is 48.5 Å². The molecule has 1 amide bonds. The van der Waals surface area contributed by atoms with E-state index in [0.29, 0.717) is 5.02 Å². The minimum atomic E-state index is -0.154. The molecule has 0 saturated heterocycles. The average molecular weight is 286 g/mol. The van der Waals surface area contributed by atoms with Crippen molar-refractivity contribution in [2.24, 2.45) is 0 Å². The van der Waals surface area contributed by atoms with Gasteiger partial charge in [-0.3, -0.25) is 4.79 Å². The summed E-state index contributed by atoms with van der Waals surface area (Å²) in [5, 5.41) is 3.53. The Bertz CT molecular complexity index is 662. The maximum Gasteiger partial charge on any atom is 0.248 e. The lowest BCUT2D eigenvalue weighted by molar-refractivity contribution is -0.111. The zero-order valence-electron chi connectivity index (χ0n) is 11.5. The van der Waals surface area contributed by atoms with Crippen LogP contribution in [-0.4, -0.2) is 5.91 Å². The Morgan fingerprint density at radius 2 is 1.95 bits per heavy atom. The van der Waals surface area contributed by atoms with Crippen molar-refractivity contribution in [3.63, 3.8) is 0 Å². The topological polar surface area (TPSA) is 29.1 Å². The molecule has 0 heterocycles. The lowest BCUT2D eigenvalue weighted by Gasteiger charge is -2.07. The first-order valence-electron chi connectivity index (χ1n) is 6.36. The zero-order valence-corrected chi connectivity index (χ0v) is 12.2. The minimum absolute atomic E-state index is 0.154. The molecule has 2 aromatic rings. The van der Waals surface area contributed by atoms with E-state index in [1.165, 1.54) is 6.08 Å². The van der Waals surface area contributed by atoms with Crippen molar-refractivity contribution in [1.82, 2.24) is 0 Å². The molecule has 0 fully saturated rings. The second-order valence-corrected chi connectivity index (χ2v) is 5.13. The number of benzene rings is 2. The first kappa shape index (κ1) is 14.4. The van der Waals surface area contributed by atoms with Gasteiger partial charge in [0.15, 0.2) is 0 Å². The average Bonchev–Trinajstić information content (AvgIpc) is 2.41. The summed E-state index contributed by atoms with van der Waals surface area (Å²) in [7, 11) is 0. The Hall–Kier alpha value is -2.06. The normalized spacial score (nSPS) is 10.8. The van der Waals surface area contributed by atoms with Gasteiger partial charge < -0.3 is 5.32 Å². The molecule has 3 heteroatoms. The molecule has 102 valence electrons. The molecule has 0 aromatic heterocycles. The highest BCUT2D eigenvalue weighted by Crippen LogP contribution is 2.16. The summed E-state index contributed by atoms with van der Waals surface area (Å²) in [6, 6.07) is 13.3. The molecule has 2 aromatic carbocycles. The highest BCUT2D eigenvalue weighted by molar-refractivity contribution is 6.30. The van der Waals surface area contributed by atoms with E-state index >= 15 is 0 Å². The van der Waals surface area contributed by atoms with Crippen molar-refractivity contribution in [3.8, 4) is 0 Å². The van der Waals surface area contributed by atoms with Gasteiger partial charge in [0.2, 0.25) is 5.91 Å². The van der Waals surface area contributed by atoms with Crippen LogP contribution in [0.4, 0.5) is 5.69 Å². The molecule has 0 radical (unpaired) electrons. The lowest BCUT2D eigenvalue weighted by atomic mass is 10.1. The van der Waals surface area contributed by atoms with Crippen molar-refractivity contribution in [2.75, 3.05) is 5.32 Å². The van der Waals surface area contributed by atoms with Gasteiger partial charge in [0, 0.05) is 16.8 Å². The molecule has 20 heavy (non-hydrogen) atoms. The van der Waals surface area contributed by atoms with E-state index in [9.17, 15) is 4.79 Å². The van der Waals surface area contributed by atoms with E-state index in [4.69, 9.17) is 11.6 Å². The highest BCUT2D eigenvalue weighted by atomic mass is 35.5. The molecule has 0 bridgehead atoms. The van der Waals surface area contributed by atoms with Crippen LogP contribution in [0, 0.1) is 13.8 Å². The fourth-order valence-corrected chi connectivity index (χ4v) is 2.03. The van der Waals surface area contributed by atoms with Crippen LogP contribution in [-0.2, 0) is 4.79 Å². The third-order valence-electron chi connectivity index (χ3n) is 2.93. The molecule has 1 N–H and O–H groups in total. The van der Waals surface area contributed by atoms with Crippen molar-refractivity contribution < 1.29 is 4.79 Å². The van der Waals surface area contributed by atoms with E-state index in [1.807, 2.05) is 50.2 Å². The number of carbonyl (C=O) groups excluding carboxylic acids is 1. The predicted molar refractivity (Wildman–Crippen MR) is 85.0 cm³/mol. The Morgan fingerprint density at radius 3 is 2.70 bits per heavy atom. The molecular formula is C17H16ClNO. The monoisotopic (exact) mass is 285 g/mol. The van der Waals surface area contributed by atoms with Gasteiger partial charge in [-0.05, 0) is 54.8 Å². The second-order valence-electron chi connectivity index (χ2n) is 4.70.